The number of halogens is 3. The Bertz CT molecular complexity index is 366. The van der Waals surface area contributed by atoms with Gasteiger partial charge in [-0.25, -0.2) is 0 Å². The monoisotopic (exact) mass is 200 g/mol. The van der Waals surface area contributed by atoms with Gasteiger partial charge in [0, 0.05) is 5.56 Å². The molecule has 0 spiro atoms. The molecule has 0 fully saturated rings. The lowest BCUT2D eigenvalue weighted by atomic mass is 10.0. The standard InChI is InChI=1S/C10H7F3O/c1-2-7-3-4-9(10(11,12)13)5-8(7)6-14/h2-6H,1H2. The molecule has 0 aromatic heterocycles. The minimum Gasteiger partial charge on any atom is -0.298 e. The molecule has 1 aromatic rings. The quantitative estimate of drug-likeness (QED) is 0.670. The molecule has 1 nitrogen and oxygen atoms in total. The Kier molecular flexibility index (Phi) is 2.74. The summed E-state index contributed by atoms with van der Waals surface area (Å²) in [6.45, 7) is 3.39. The lowest BCUT2D eigenvalue weighted by Gasteiger charge is -2.07. The highest BCUT2D eigenvalue weighted by Gasteiger charge is 2.30. The molecule has 0 atom stereocenters. The summed E-state index contributed by atoms with van der Waals surface area (Å²) < 4.78 is 36.6. The summed E-state index contributed by atoms with van der Waals surface area (Å²) in [6, 6.07) is 2.95. The Morgan fingerprint density at radius 2 is 1.86 bits per heavy atom. The Morgan fingerprint density at radius 1 is 1.21 bits per heavy atom. The Hall–Kier alpha value is -1.58. The summed E-state index contributed by atoms with van der Waals surface area (Å²) >= 11 is 0. The van der Waals surface area contributed by atoms with Crippen LogP contribution in [0.15, 0.2) is 24.8 Å². The van der Waals surface area contributed by atoms with Crippen LogP contribution in [0.4, 0.5) is 13.2 Å². The first-order valence-corrected chi connectivity index (χ1v) is 3.78. The van der Waals surface area contributed by atoms with E-state index in [4.69, 9.17) is 0 Å². The molecule has 0 unspecified atom stereocenters. The van der Waals surface area contributed by atoms with Gasteiger partial charge in [0.2, 0.25) is 0 Å². The molecule has 0 aliphatic rings. The molecule has 0 N–H and O–H groups in total. The molecule has 74 valence electrons. The van der Waals surface area contributed by atoms with Gasteiger partial charge in [0.15, 0.2) is 6.29 Å². The Morgan fingerprint density at radius 3 is 2.29 bits per heavy atom. The number of hydrogen-bond acceptors (Lipinski definition) is 1. The summed E-state index contributed by atoms with van der Waals surface area (Å²) in [5, 5.41) is 0. The van der Waals surface area contributed by atoms with Crippen LogP contribution in [-0.4, -0.2) is 6.29 Å². The van der Waals surface area contributed by atoms with E-state index in [9.17, 15) is 18.0 Å². The average Bonchev–Trinajstić information content (AvgIpc) is 2.15. The first-order chi connectivity index (χ1) is 6.49. The van der Waals surface area contributed by atoms with Crippen LogP contribution in [0.3, 0.4) is 0 Å². The summed E-state index contributed by atoms with van der Waals surface area (Å²) in [4.78, 5) is 10.5. The lowest BCUT2D eigenvalue weighted by Crippen LogP contribution is -2.05. The fourth-order valence-corrected chi connectivity index (χ4v) is 1.04. The molecule has 0 amide bonds. The molecular formula is C10H7F3O. The van der Waals surface area contributed by atoms with Crippen LogP contribution in [0, 0.1) is 0 Å². The highest BCUT2D eigenvalue weighted by molar-refractivity contribution is 5.81. The number of benzene rings is 1. The minimum atomic E-state index is -4.42. The van der Waals surface area contributed by atoms with Crippen molar-refractivity contribution in [3.8, 4) is 0 Å². The number of rotatable bonds is 2. The van der Waals surface area contributed by atoms with Crippen molar-refractivity contribution in [3.05, 3.63) is 41.5 Å². The first-order valence-electron chi connectivity index (χ1n) is 3.78. The predicted octanol–water partition coefficient (Wildman–Crippen LogP) is 3.16. The zero-order valence-corrected chi connectivity index (χ0v) is 7.14. The largest absolute Gasteiger partial charge is 0.416 e. The van der Waals surface area contributed by atoms with Crippen molar-refractivity contribution in [1.29, 1.82) is 0 Å². The van der Waals surface area contributed by atoms with Gasteiger partial charge in [0.25, 0.3) is 0 Å². The van der Waals surface area contributed by atoms with Gasteiger partial charge in [0.1, 0.15) is 0 Å². The first kappa shape index (κ1) is 10.5. The third kappa shape index (κ3) is 2.02. The van der Waals surface area contributed by atoms with Gasteiger partial charge < -0.3 is 0 Å². The van der Waals surface area contributed by atoms with E-state index in [0.29, 0.717) is 11.8 Å². The van der Waals surface area contributed by atoms with Crippen LogP contribution in [0.25, 0.3) is 6.08 Å². The summed E-state index contributed by atoms with van der Waals surface area (Å²) in [6.07, 6.45) is -2.70. The van der Waals surface area contributed by atoms with Crippen molar-refractivity contribution in [1.82, 2.24) is 0 Å². The molecule has 0 bridgehead atoms. The fourth-order valence-electron chi connectivity index (χ4n) is 1.04. The zero-order valence-electron chi connectivity index (χ0n) is 7.14. The topological polar surface area (TPSA) is 17.1 Å². The van der Waals surface area contributed by atoms with Crippen molar-refractivity contribution in [2.45, 2.75) is 6.18 Å². The molecule has 0 aliphatic carbocycles. The summed E-state index contributed by atoms with van der Waals surface area (Å²) in [7, 11) is 0. The second kappa shape index (κ2) is 3.65. The van der Waals surface area contributed by atoms with Crippen LogP contribution < -0.4 is 0 Å². The molecule has 0 heterocycles. The van der Waals surface area contributed by atoms with Gasteiger partial charge in [-0.05, 0) is 17.7 Å². The molecule has 14 heavy (non-hydrogen) atoms. The number of alkyl halides is 3. The number of aldehydes is 1. The van der Waals surface area contributed by atoms with Crippen LogP contribution in [0.5, 0.6) is 0 Å². The summed E-state index contributed by atoms with van der Waals surface area (Å²) in [5.41, 5.74) is -0.437. The molecule has 0 aliphatic heterocycles. The molecule has 0 saturated heterocycles. The third-order valence-corrected chi connectivity index (χ3v) is 1.76. The van der Waals surface area contributed by atoms with E-state index in [-0.39, 0.29) is 5.56 Å². The second-order valence-corrected chi connectivity index (χ2v) is 2.66. The average molecular weight is 200 g/mol. The van der Waals surface area contributed by atoms with Crippen molar-refractivity contribution in [2.24, 2.45) is 0 Å². The SMILES string of the molecule is C=Cc1ccc(C(F)(F)F)cc1C=O. The third-order valence-electron chi connectivity index (χ3n) is 1.76. The van der Waals surface area contributed by atoms with Gasteiger partial charge >= 0.3 is 6.18 Å². The predicted molar refractivity (Wildman–Crippen MR) is 46.9 cm³/mol. The number of hydrogen-bond donors (Lipinski definition) is 0. The Labute approximate surface area is 78.9 Å². The maximum Gasteiger partial charge on any atom is 0.416 e. The van der Waals surface area contributed by atoms with Gasteiger partial charge in [-0.3, -0.25) is 4.79 Å². The Balaban J connectivity index is 3.27. The number of carbonyl (C=O) groups excluding carboxylic acids is 1. The maximum absolute atomic E-state index is 12.2. The maximum atomic E-state index is 12.2. The second-order valence-electron chi connectivity index (χ2n) is 2.66. The zero-order chi connectivity index (χ0) is 10.8. The van der Waals surface area contributed by atoms with Crippen LogP contribution in [-0.2, 0) is 6.18 Å². The number of carbonyl (C=O) groups is 1. The minimum absolute atomic E-state index is 0.00479. The van der Waals surface area contributed by atoms with Crippen molar-refractivity contribution < 1.29 is 18.0 Å². The van der Waals surface area contributed by atoms with E-state index in [0.717, 1.165) is 12.1 Å². The van der Waals surface area contributed by atoms with Gasteiger partial charge in [-0.15, -0.1) is 0 Å². The van der Waals surface area contributed by atoms with Crippen LogP contribution in [0.2, 0.25) is 0 Å². The van der Waals surface area contributed by atoms with E-state index in [1.54, 1.807) is 0 Å². The molecule has 4 heteroatoms. The van der Waals surface area contributed by atoms with Crippen LogP contribution >= 0.6 is 0 Å². The highest BCUT2D eigenvalue weighted by atomic mass is 19.4. The fraction of sp³-hybridized carbons (Fsp3) is 0.100. The van der Waals surface area contributed by atoms with Gasteiger partial charge in [-0.2, -0.15) is 13.2 Å². The van der Waals surface area contributed by atoms with E-state index in [1.807, 2.05) is 0 Å². The molecule has 1 rings (SSSR count). The highest BCUT2D eigenvalue weighted by Crippen LogP contribution is 2.30. The van der Waals surface area contributed by atoms with E-state index in [1.165, 1.54) is 12.1 Å². The normalized spacial score (nSPS) is 11.1. The van der Waals surface area contributed by atoms with E-state index in [2.05, 4.69) is 6.58 Å². The van der Waals surface area contributed by atoms with Gasteiger partial charge in [0.05, 0.1) is 5.56 Å². The van der Waals surface area contributed by atoms with Crippen molar-refractivity contribution in [3.63, 3.8) is 0 Å². The van der Waals surface area contributed by atoms with E-state index < -0.39 is 11.7 Å². The molecule has 0 radical (unpaired) electrons. The molecule has 0 saturated carbocycles. The van der Waals surface area contributed by atoms with Crippen LogP contribution in [0.1, 0.15) is 21.5 Å². The van der Waals surface area contributed by atoms with Gasteiger partial charge in [-0.1, -0.05) is 18.7 Å². The molecule has 1 aromatic carbocycles. The van der Waals surface area contributed by atoms with Crippen molar-refractivity contribution >= 4 is 12.4 Å². The van der Waals surface area contributed by atoms with Crippen molar-refractivity contribution in [2.75, 3.05) is 0 Å². The van der Waals surface area contributed by atoms with E-state index >= 15 is 0 Å². The lowest BCUT2D eigenvalue weighted by molar-refractivity contribution is -0.137. The smallest absolute Gasteiger partial charge is 0.298 e. The molecular weight excluding hydrogens is 193 g/mol. The summed E-state index contributed by atoms with van der Waals surface area (Å²) in [5.74, 6) is 0.